The first-order chi connectivity index (χ1) is 50.0. The molecule has 6 nitrogen and oxygen atoms in total. The molecular weight excluding hydrogens is 1220 g/mol. The first-order valence-electron chi connectivity index (χ1n) is 35.2. The maximum Gasteiger partial charge on any atom is 0.333 e. The Hall–Kier alpha value is -13.0. The number of nitrogens with zero attached hydrogens (tertiary/aromatic N) is 6. The van der Waals surface area contributed by atoms with Crippen LogP contribution < -0.4 is 31.7 Å². The van der Waals surface area contributed by atoms with Crippen molar-refractivity contribution in [2.45, 2.75) is 6.92 Å². The molecule has 0 aliphatic carbocycles. The van der Waals surface area contributed by atoms with Crippen LogP contribution in [0.2, 0.25) is 0 Å². The predicted octanol–water partition coefficient (Wildman–Crippen LogP) is 21.2. The van der Waals surface area contributed by atoms with Gasteiger partial charge in [0, 0.05) is 101 Å². The molecule has 0 N–H and O–H groups in total. The van der Waals surface area contributed by atoms with Crippen molar-refractivity contribution >= 4 is 179 Å². The maximum absolute atomic E-state index is 5.22. The molecule has 0 saturated carbocycles. The molecule has 19 aromatic rings. The highest BCUT2D eigenvalue weighted by Gasteiger charge is 2.48. The van der Waals surface area contributed by atoms with Crippen molar-refractivity contribution in [3.63, 3.8) is 0 Å². The molecule has 4 aliphatic rings. The van der Waals surface area contributed by atoms with Crippen LogP contribution in [0.3, 0.4) is 0 Å². The van der Waals surface area contributed by atoms with Gasteiger partial charge in [-0.1, -0.05) is 219 Å². The van der Waals surface area contributed by atoms with E-state index in [1.807, 2.05) is 0 Å². The van der Waals surface area contributed by atoms with Crippen molar-refractivity contribution < 1.29 is 0 Å². The van der Waals surface area contributed by atoms with Crippen LogP contribution in [-0.4, -0.2) is 31.8 Å². The second-order valence-electron chi connectivity index (χ2n) is 27.9. The molecule has 23 rings (SSSR count). The summed E-state index contributed by atoms with van der Waals surface area (Å²) in [5, 5.41) is 15.8. The van der Waals surface area contributed by atoms with Gasteiger partial charge in [0.05, 0.1) is 28.1 Å². The van der Waals surface area contributed by atoms with Gasteiger partial charge in [-0.05, 0) is 197 Å². The van der Waals surface area contributed by atoms with Gasteiger partial charge >= 0.3 is 13.7 Å². The minimum absolute atomic E-state index is 0.203. The second-order valence-corrected chi connectivity index (χ2v) is 27.9. The Labute approximate surface area is 582 Å². The lowest BCUT2D eigenvalue weighted by molar-refractivity contribution is 1.12. The normalized spacial score (nSPS) is 13.5. The third kappa shape index (κ3) is 7.32. The van der Waals surface area contributed by atoms with Gasteiger partial charge in [0.25, 0.3) is 0 Å². The molecule has 8 heteroatoms. The van der Waals surface area contributed by atoms with Gasteiger partial charge in [-0.25, -0.2) is 0 Å². The zero-order valence-electron chi connectivity index (χ0n) is 55.1. The highest BCUT2D eigenvalue weighted by atomic mass is 15.2. The molecule has 0 radical (unpaired) electrons. The molecule has 0 amide bonds. The molecule has 8 heterocycles. The summed E-state index contributed by atoms with van der Waals surface area (Å²) in [5.74, 6) is 0. The molecule has 15 aromatic carbocycles. The van der Waals surface area contributed by atoms with Crippen LogP contribution in [-0.2, 0) is 0 Å². The highest BCUT2D eigenvalue weighted by Crippen LogP contribution is 2.53. The highest BCUT2D eigenvalue weighted by molar-refractivity contribution is 6.92. The Balaban J connectivity index is 0.825. The van der Waals surface area contributed by atoms with E-state index in [9.17, 15) is 0 Å². The summed E-state index contributed by atoms with van der Waals surface area (Å²) < 4.78 is 10.3. The third-order valence-corrected chi connectivity index (χ3v) is 22.9. The summed E-state index contributed by atoms with van der Waals surface area (Å²) in [7, 11) is 0. The standard InChI is InChI=1S/C93H58B2N6/c1-3-21-73-71-32-16-18-36-79(71)100-89(73)56(2)76-54-84-78(92-87(76)94(100)85-69-31-15-14-24-59(69)41-46-81(85)98(92)67-43-38-57-22-10-12-25-60(57)51-67)55-83(97(84)66-29-8-5-9-30-66)63-40-45-70-62(50-63)42-47-82-86(70)95-88-77(75-35-20-34-74-72-33-17-19-37-80(72)101(95)91(74)75)53-64-48-49-96(65-27-6-4-7-28-65)90(64)93(88)99(82)68-44-39-58-23-11-13-26-61(58)52-68/h3-55H,2H2,1H3/b21-3-. The first kappa shape index (κ1) is 55.0. The quantitative estimate of drug-likeness (QED) is 0.155. The summed E-state index contributed by atoms with van der Waals surface area (Å²) >= 11 is 0. The number of allylic oxidation sites excluding steroid dienone is 1. The number of benzene rings is 15. The molecule has 0 fully saturated rings. The largest absolute Gasteiger partial charge is 0.375 e. The van der Waals surface area contributed by atoms with Crippen LogP contribution in [0.25, 0.3) is 143 Å². The smallest absolute Gasteiger partial charge is 0.333 e. The van der Waals surface area contributed by atoms with Crippen LogP contribution in [0.5, 0.6) is 0 Å². The second kappa shape index (κ2) is 20.3. The van der Waals surface area contributed by atoms with E-state index in [4.69, 9.17) is 6.58 Å². The average molecular weight is 1280 g/mol. The molecule has 4 aliphatic heterocycles. The topological polar surface area (TPSA) is 26.2 Å². The third-order valence-electron chi connectivity index (χ3n) is 22.9. The lowest BCUT2D eigenvalue weighted by Crippen LogP contribution is -2.58. The van der Waals surface area contributed by atoms with E-state index in [1.54, 1.807) is 0 Å². The lowest BCUT2D eigenvalue weighted by Gasteiger charge is -2.42. The first-order valence-corrected chi connectivity index (χ1v) is 35.2. The van der Waals surface area contributed by atoms with Crippen LogP contribution in [0.1, 0.15) is 23.7 Å². The lowest BCUT2D eigenvalue weighted by atomic mass is 9.43. The minimum atomic E-state index is -0.204. The van der Waals surface area contributed by atoms with E-state index in [-0.39, 0.29) is 13.7 Å². The Morgan fingerprint density at radius 1 is 0.337 bits per heavy atom. The van der Waals surface area contributed by atoms with E-state index in [0.29, 0.717) is 0 Å². The van der Waals surface area contributed by atoms with Gasteiger partial charge in [0.1, 0.15) is 0 Å². The molecule has 0 unspecified atom stereocenters. The average Bonchev–Trinajstić information content (AvgIpc) is 1.49. The molecule has 4 aromatic heterocycles. The van der Waals surface area contributed by atoms with E-state index in [0.717, 1.165) is 73.1 Å². The number of para-hydroxylation sites is 5. The minimum Gasteiger partial charge on any atom is -0.375 e. The number of anilines is 6. The molecular formula is C93H58B2N6. The van der Waals surface area contributed by atoms with E-state index >= 15 is 0 Å². The van der Waals surface area contributed by atoms with Crippen molar-refractivity contribution in [1.29, 1.82) is 0 Å². The zero-order valence-corrected chi connectivity index (χ0v) is 55.1. The Bertz CT molecular complexity index is 6960. The van der Waals surface area contributed by atoms with E-state index < -0.39 is 0 Å². The molecule has 0 atom stereocenters. The molecule has 101 heavy (non-hydrogen) atoms. The Kier molecular flexibility index (Phi) is 11.1. The van der Waals surface area contributed by atoms with Gasteiger partial charge in [0.2, 0.25) is 0 Å². The zero-order chi connectivity index (χ0) is 66.0. The number of hydrogen-bond acceptors (Lipinski definition) is 2. The van der Waals surface area contributed by atoms with Crippen molar-refractivity contribution in [1.82, 2.24) is 18.1 Å². The van der Waals surface area contributed by atoms with Crippen molar-refractivity contribution in [3.8, 4) is 33.8 Å². The van der Waals surface area contributed by atoms with Gasteiger partial charge in [-0.3, -0.25) is 0 Å². The number of fused-ring (bicyclic) bond motifs is 23. The van der Waals surface area contributed by atoms with Crippen LogP contribution >= 0.6 is 0 Å². The van der Waals surface area contributed by atoms with E-state index in [1.165, 1.54) is 137 Å². The van der Waals surface area contributed by atoms with E-state index in [2.05, 4.69) is 356 Å². The fourth-order valence-corrected chi connectivity index (χ4v) is 18.8. The van der Waals surface area contributed by atoms with Gasteiger partial charge in [-0.15, -0.1) is 0 Å². The maximum atomic E-state index is 5.22. The number of hydrogen-bond donors (Lipinski definition) is 0. The summed E-state index contributed by atoms with van der Waals surface area (Å²) in [5.41, 5.74) is 29.5. The number of rotatable bonds is 6. The Morgan fingerprint density at radius 2 is 0.911 bits per heavy atom. The fourth-order valence-electron chi connectivity index (χ4n) is 18.8. The van der Waals surface area contributed by atoms with Crippen LogP contribution in [0, 0.1) is 0 Å². The van der Waals surface area contributed by atoms with Crippen molar-refractivity contribution in [3.05, 3.63) is 339 Å². The predicted molar refractivity (Wildman–Crippen MR) is 429 cm³/mol. The van der Waals surface area contributed by atoms with Crippen LogP contribution in [0.15, 0.2) is 322 Å². The Morgan fingerprint density at radius 3 is 1.63 bits per heavy atom. The van der Waals surface area contributed by atoms with Gasteiger partial charge in [-0.2, -0.15) is 0 Å². The molecule has 0 bridgehead atoms. The summed E-state index contributed by atoms with van der Waals surface area (Å²) in [6.45, 7) is 6.95. The molecule has 0 saturated heterocycles. The summed E-state index contributed by atoms with van der Waals surface area (Å²) in [6.07, 6.45) is 6.77. The van der Waals surface area contributed by atoms with Crippen molar-refractivity contribution in [2.75, 3.05) is 9.80 Å². The van der Waals surface area contributed by atoms with Crippen molar-refractivity contribution in [2.24, 2.45) is 0 Å². The molecule has 466 valence electrons. The van der Waals surface area contributed by atoms with Crippen LogP contribution in [0.4, 0.5) is 34.1 Å². The van der Waals surface area contributed by atoms with Gasteiger partial charge in [0.15, 0.2) is 0 Å². The van der Waals surface area contributed by atoms with Gasteiger partial charge < -0.3 is 27.9 Å². The number of aromatic nitrogens is 4. The summed E-state index contributed by atoms with van der Waals surface area (Å²) in [6, 6.07) is 114. The monoisotopic (exact) mass is 1280 g/mol. The molecule has 0 spiro atoms. The summed E-state index contributed by atoms with van der Waals surface area (Å²) in [4.78, 5) is 5.23. The SMILES string of the molecule is C=C1c2cc3c(cc(-c4ccc5c6c(ccc5c4)N(c4ccc5ccccc5c4)c4c5c(cc7ccn(-c8ccccc8)c47)-c4cccc7c8ccccc8n(c47)B56)n3-c3ccccc3)c3c2B(c2c(ccc4ccccc24)N3c2ccc3ccccc3c2)n2c1c(/C=C\C)c1ccccc12. The fraction of sp³-hybridized carbons (Fsp3) is 0.0108.